The van der Waals surface area contributed by atoms with E-state index in [1.807, 2.05) is 0 Å². The van der Waals surface area contributed by atoms with E-state index in [0.717, 1.165) is 5.56 Å². The Labute approximate surface area is 123 Å². The third-order valence-electron chi connectivity index (χ3n) is 2.62. The number of pyridine rings is 1. The van der Waals surface area contributed by atoms with E-state index in [0.29, 0.717) is 16.6 Å². The van der Waals surface area contributed by atoms with Gasteiger partial charge in [0.05, 0.1) is 16.6 Å². The van der Waals surface area contributed by atoms with Gasteiger partial charge in [0.1, 0.15) is 10.8 Å². The van der Waals surface area contributed by atoms with Gasteiger partial charge < -0.3 is 10.3 Å². The van der Waals surface area contributed by atoms with Gasteiger partial charge in [-0.25, -0.2) is 4.39 Å². The first-order valence-electron chi connectivity index (χ1n) is 5.42. The van der Waals surface area contributed by atoms with E-state index < -0.39 is 0 Å². The van der Waals surface area contributed by atoms with Crippen molar-refractivity contribution in [3.8, 4) is 0 Å². The summed E-state index contributed by atoms with van der Waals surface area (Å²) in [4.78, 5) is 12.1. The van der Waals surface area contributed by atoms with Crippen molar-refractivity contribution in [3.63, 3.8) is 0 Å². The van der Waals surface area contributed by atoms with Gasteiger partial charge in [-0.05, 0) is 45.8 Å². The third-order valence-corrected chi connectivity index (χ3v) is 3.45. The Morgan fingerprint density at radius 3 is 2.79 bits per heavy atom. The SMILES string of the molecule is NC(=S)c1cccn(Cc2ccc(F)c(Br)c2)c1=O. The summed E-state index contributed by atoms with van der Waals surface area (Å²) in [6.07, 6.45) is 1.64. The van der Waals surface area contributed by atoms with E-state index in [2.05, 4.69) is 15.9 Å². The minimum Gasteiger partial charge on any atom is -0.389 e. The molecular formula is C13H10BrFN2OS. The average molecular weight is 341 g/mol. The summed E-state index contributed by atoms with van der Waals surface area (Å²) >= 11 is 7.93. The predicted octanol–water partition coefficient (Wildman–Crippen LogP) is 2.43. The lowest BCUT2D eigenvalue weighted by Gasteiger charge is -2.08. The van der Waals surface area contributed by atoms with Gasteiger partial charge in [0.25, 0.3) is 5.56 Å². The Bertz CT molecular complexity index is 699. The molecule has 0 atom stereocenters. The summed E-state index contributed by atoms with van der Waals surface area (Å²) in [5, 5.41) is 0. The van der Waals surface area contributed by atoms with Crippen LogP contribution in [0.25, 0.3) is 0 Å². The fourth-order valence-corrected chi connectivity index (χ4v) is 2.27. The van der Waals surface area contributed by atoms with Crippen LogP contribution in [-0.4, -0.2) is 9.56 Å². The number of halogens is 2. The van der Waals surface area contributed by atoms with Gasteiger partial charge in [-0.3, -0.25) is 4.79 Å². The first-order chi connectivity index (χ1) is 8.99. The quantitative estimate of drug-likeness (QED) is 0.873. The van der Waals surface area contributed by atoms with Crippen molar-refractivity contribution in [2.45, 2.75) is 6.54 Å². The molecule has 0 fully saturated rings. The van der Waals surface area contributed by atoms with Gasteiger partial charge in [-0.15, -0.1) is 0 Å². The Morgan fingerprint density at radius 2 is 2.16 bits per heavy atom. The highest BCUT2D eigenvalue weighted by Gasteiger charge is 2.07. The number of aromatic nitrogens is 1. The van der Waals surface area contributed by atoms with E-state index in [9.17, 15) is 9.18 Å². The molecule has 0 unspecified atom stereocenters. The van der Waals surface area contributed by atoms with Crippen LogP contribution < -0.4 is 11.3 Å². The molecule has 2 rings (SSSR count). The predicted molar refractivity (Wildman–Crippen MR) is 79.8 cm³/mol. The standard InChI is InChI=1S/C13H10BrFN2OS/c14-10-6-8(3-4-11(10)15)7-17-5-1-2-9(12(16)19)13(17)18/h1-6H,7H2,(H2,16,19). The molecule has 0 saturated heterocycles. The van der Waals surface area contributed by atoms with Crippen molar-refractivity contribution in [2.24, 2.45) is 5.73 Å². The van der Waals surface area contributed by atoms with Crippen LogP contribution in [0.2, 0.25) is 0 Å². The number of thiocarbonyl (C=S) groups is 1. The fraction of sp³-hybridized carbons (Fsp3) is 0.0769. The minimum atomic E-state index is -0.340. The van der Waals surface area contributed by atoms with E-state index in [-0.39, 0.29) is 16.4 Å². The molecule has 0 amide bonds. The molecule has 3 nitrogen and oxygen atoms in total. The number of nitrogens with two attached hydrogens (primary N) is 1. The number of hydrogen-bond donors (Lipinski definition) is 1. The highest BCUT2D eigenvalue weighted by molar-refractivity contribution is 9.10. The summed E-state index contributed by atoms with van der Waals surface area (Å²) in [5.74, 6) is -0.340. The average Bonchev–Trinajstić information content (AvgIpc) is 2.36. The molecule has 1 aromatic heterocycles. The molecule has 0 spiro atoms. The topological polar surface area (TPSA) is 48.0 Å². The molecule has 1 heterocycles. The van der Waals surface area contributed by atoms with Crippen molar-refractivity contribution in [1.82, 2.24) is 4.57 Å². The summed E-state index contributed by atoms with van der Waals surface area (Å²) in [5.41, 5.74) is 6.33. The van der Waals surface area contributed by atoms with Crippen LogP contribution in [0.5, 0.6) is 0 Å². The second-order valence-electron chi connectivity index (χ2n) is 3.97. The van der Waals surface area contributed by atoms with Gasteiger partial charge in [0.2, 0.25) is 0 Å². The Kier molecular flexibility index (Phi) is 4.11. The van der Waals surface area contributed by atoms with E-state index in [1.54, 1.807) is 30.5 Å². The van der Waals surface area contributed by atoms with Crippen LogP contribution in [0.15, 0.2) is 45.8 Å². The molecule has 6 heteroatoms. The first kappa shape index (κ1) is 13.9. The molecule has 0 aliphatic heterocycles. The van der Waals surface area contributed by atoms with Crippen molar-refractivity contribution >= 4 is 33.1 Å². The number of nitrogens with zero attached hydrogens (tertiary/aromatic N) is 1. The van der Waals surface area contributed by atoms with Crippen molar-refractivity contribution in [1.29, 1.82) is 0 Å². The molecule has 0 bridgehead atoms. The number of hydrogen-bond acceptors (Lipinski definition) is 2. The smallest absolute Gasteiger partial charge is 0.261 e. The van der Waals surface area contributed by atoms with Crippen molar-refractivity contribution in [3.05, 3.63) is 68.3 Å². The van der Waals surface area contributed by atoms with Gasteiger partial charge in [-0.1, -0.05) is 18.3 Å². The van der Waals surface area contributed by atoms with E-state index in [1.165, 1.54) is 10.6 Å². The zero-order chi connectivity index (χ0) is 14.0. The summed E-state index contributed by atoms with van der Waals surface area (Å²) in [6, 6.07) is 7.90. The van der Waals surface area contributed by atoms with Gasteiger partial charge >= 0.3 is 0 Å². The number of rotatable bonds is 3. The minimum absolute atomic E-state index is 0.0691. The lowest BCUT2D eigenvalue weighted by atomic mass is 10.2. The molecule has 98 valence electrons. The van der Waals surface area contributed by atoms with Crippen LogP contribution in [-0.2, 0) is 6.54 Å². The second-order valence-corrected chi connectivity index (χ2v) is 5.26. The largest absolute Gasteiger partial charge is 0.389 e. The Balaban J connectivity index is 2.38. The van der Waals surface area contributed by atoms with Crippen LogP contribution in [0.4, 0.5) is 4.39 Å². The summed E-state index contributed by atoms with van der Waals surface area (Å²) in [7, 11) is 0. The molecule has 2 N–H and O–H groups in total. The summed E-state index contributed by atoms with van der Waals surface area (Å²) in [6.45, 7) is 0.328. The molecule has 2 aromatic rings. The molecule has 0 aliphatic carbocycles. The molecule has 0 aliphatic rings. The molecule has 0 radical (unpaired) electrons. The summed E-state index contributed by atoms with van der Waals surface area (Å²) < 4.78 is 15.0. The fourth-order valence-electron chi connectivity index (χ4n) is 1.68. The lowest BCUT2D eigenvalue weighted by molar-refractivity contribution is 0.619. The van der Waals surface area contributed by atoms with Crippen LogP contribution in [0, 0.1) is 5.82 Å². The maximum atomic E-state index is 13.1. The van der Waals surface area contributed by atoms with Gasteiger partial charge in [-0.2, -0.15) is 0 Å². The van der Waals surface area contributed by atoms with E-state index >= 15 is 0 Å². The van der Waals surface area contributed by atoms with Crippen LogP contribution in [0.1, 0.15) is 11.1 Å². The first-order valence-corrected chi connectivity index (χ1v) is 6.62. The molecule has 19 heavy (non-hydrogen) atoms. The van der Waals surface area contributed by atoms with Crippen molar-refractivity contribution < 1.29 is 4.39 Å². The maximum Gasteiger partial charge on any atom is 0.261 e. The van der Waals surface area contributed by atoms with Gasteiger partial charge in [0, 0.05) is 6.20 Å². The monoisotopic (exact) mass is 340 g/mol. The third kappa shape index (κ3) is 3.08. The van der Waals surface area contributed by atoms with Crippen LogP contribution >= 0.6 is 28.1 Å². The molecule has 1 aromatic carbocycles. The van der Waals surface area contributed by atoms with Gasteiger partial charge in [0.15, 0.2) is 0 Å². The highest BCUT2D eigenvalue weighted by Crippen LogP contribution is 2.17. The molecule has 0 saturated carbocycles. The maximum absolute atomic E-state index is 13.1. The molecular weight excluding hydrogens is 331 g/mol. The van der Waals surface area contributed by atoms with Crippen molar-refractivity contribution in [2.75, 3.05) is 0 Å². The Morgan fingerprint density at radius 1 is 1.42 bits per heavy atom. The highest BCUT2D eigenvalue weighted by atomic mass is 79.9. The van der Waals surface area contributed by atoms with E-state index in [4.69, 9.17) is 18.0 Å². The zero-order valence-corrected chi connectivity index (χ0v) is 12.2. The van der Waals surface area contributed by atoms with Crippen LogP contribution in [0.3, 0.4) is 0 Å². The normalized spacial score (nSPS) is 10.4. The Hall–Kier alpha value is -1.53. The zero-order valence-electron chi connectivity index (χ0n) is 9.77. The second kappa shape index (κ2) is 5.63. The number of benzene rings is 1. The lowest BCUT2D eigenvalue weighted by Crippen LogP contribution is -2.28.